The Labute approximate surface area is 138 Å². The average Bonchev–Trinajstić information content (AvgIpc) is 2.94. The van der Waals surface area contributed by atoms with E-state index in [-0.39, 0.29) is 37.0 Å². The first-order valence-corrected chi connectivity index (χ1v) is 7.83. The fraction of sp³-hybridized carbons (Fsp3) is 0.625. The number of nitrogens with zero attached hydrogens (tertiary/aromatic N) is 1. The first-order chi connectivity index (χ1) is 11.1. The van der Waals surface area contributed by atoms with Gasteiger partial charge >= 0.3 is 6.18 Å². The maximum Gasteiger partial charge on any atom is 0.408 e. The molecule has 1 N–H and O–H groups in total. The van der Waals surface area contributed by atoms with Crippen molar-refractivity contribution in [3.8, 4) is 0 Å². The maximum absolute atomic E-state index is 13.3. The van der Waals surface area contributed by atoms with Crippen LogP contribution in [0.3, 0.4) is 0 Å². The van der Waals surface area contributed by atoms with Gasteiger partial charge in [-0.05, 0) is 24.8 Å². The van der Waals surface area contributed by atoms with Gasteiger partial charge in [0.1, 0.15) is 6.04 Å². The second-order valence-corrected chi connectivity index (χ2v) is 6.35. The number of furan rings is 1. The Kier molecular flexibility index (Phi) is 5.25. The first kappa shape index (κ1) is 18.4. The molecular formula is C16H21F3N2O3. The number of rotatable bonds is 3. The number of hydrogen-bond acceptors (Lipinski definition) is 3. The minimum atomic E-state index is -4.53. The van der Waals surface area contributed by atoms with Crippen molar-refractivity contribution in [3.63, 3.8) is 0 Å². The van der Waals surface area contributed by atoms with Gasteiger partial charge in [0.25, 0.3) is 5.91 Å². The highest BCUT2D eigenvalue weighted by atomic mass is 19.4. The first-order valence-electron chi connectivity index (χ1n) is 7.83. The number of amides is 2. The minimum absolute atomic E-state index is 0.0528. The van der Waals surface area contributed by atoms with E-state index in [0.29, 0.717) is 5.56 Å². The fourth-order valence-corrected chi connectivity index (χ4v) is 3.02. The van der Waals surface area contributed by atoms with Gasteiger partial charge < -0.3 is 14.6 Å². The molecular weight excluding hydrogens is 325 g/mol. The molecule has 0 unspecified atom stereocenters. The second kappa shape index (κ2) is 6.86. The molecule has 2 rings (SSSR count). The zero-order valence-electron chi connectivity index (χ0n) is 13.8. The van der Waals surface area contributed by atoms with Crippen LogP contribution in [0.4, 0.5) is 13.2 Å². The van der Waals surface area contributed by atoms with Gasteiger partial charge in [-0.25, -0.2) is 0 Å². The van der Waals surface area contributed by atoms with Gasteiger partial charge in [0.15, 0.2) is 5.76 Å². The number of piperidine rings is 1. The molecule has 1 aromatic rings. The molecule has 0 bridgehead atoms. The number of hydrogen-bond donors (Lipinski definition) is 1. The van der Waals surface area contributed by atoms with Gasteiger partial charge in [-0.3, -0.25) is 9.59 Å². The summed E-state index contributed by atoms with van der Waals surface area (Å²) >= 11 is 0. The van der Waals surface area contributed by atoms with Crippen molar-refractivity contribution in [3.05, 3.63) is 23.7 Å². The van der Waals surface area contributed by atoms with Gasteiger partial charge in [-0.15, -0.1) is 0 Å². The Morgan fingerprint density at radius 1 is 1.33 bits per heavy atom. The van der Waals surface area contributed by atoms with E-state index in [1.54, 1.807) is 6.07 Å². The van der Waals surface area contributed by atoms with Crippen LogP contribution in [0.25, 0.3) is 0 Å². The van der Waals surface area contributed by atoms with E-state index in [1.165, 1.54) is 13.2 Å². The number of halogens is 3. The summed E-state index contributed by atoms with van der Waals surface area (Å²) in [7, 11) is 0. The number of carbonyl (C=O) groups is 2. The summed E-state index contributed by atoms with van der Waals surface area (Å²) in [5, 5.41) is 2.59. The Morgan fingerprint density at radius 2 is 2.00 bits per heavy atom. The Bertz CT molecular complexity index is 610. The highest BCUT2D eigenvalue weighted by Gasteiger charge is 2.49. The van der Waals surface area contributed by atoms with Crippen molar-refractivity contribution in [2.24, 2.45) is 0 Å². The maximum atomic E-state index is 13.3. The molecule has 24 heavy (non-hydrogen) atoms. The number of alkyl halides is 3. The monoisotopic (exact) mass is 346 g/mol. The summed E-state index contributed by atoms with van der Waals surface area (Å²) in [4.78, 5) is 24.7. The highest BCUT2D eigenvalue weighted by Crippen LogP contribution is 2.34. The number of likely N-dealkylation sites (tertiary alicyclic amines) is 1. The van der Waals surface area contributed by atoms with Crippen LogP contribution in [0.15, 0.2) is 16.7 Å². The van der Waals surface area contributed by atoms with E-state index in [4.69, 9.17) is 4.42 Å². The van der Waals surface area contributed by atoms with Crippen molar-refractivity contribution in [1.29, 1.82) is 0 Å². The molecule has 2 atom stereocenters. The lowest BCUT2D eigenvalue weighted by Crippen LogP contribution is -2.58. The van der Waals surface area contributed by atoms with E-state index < -0.39 is 24.2 Å². The van der Waals surface area contributed by atoms with Crippen LogP contribution < -0.4 is 5.32 Å². The van der Waals surface area contributed by atoms with E-state index in [1.807, 2.05) is 13.8 Å². The van der Waals surface area contributed by atoms with E-state index in [2.05, 4.69) is 5.32 Å². The number of carbonyl (C=O) groups excluding carboxylic acids is 2. The summed E-state index contributed by atoms with van der Waals surface area (Å²) in [5.41, 5.74) is 0.572. The molecule has 0 radical (unpaired) electrons. The minimum Gasteiger partial charge on any atom is -0.459 e. The molecule has 1 aliphatic heterocycles. The van der Waals surface area contributed by atoms with Crippen LogP contribution in [0, 0.1) is 0 Å². The molecule has 5 nitrogen and oxygen atoms in total. The second-order valence-electron chi connectivity index (χ2n) is 6.35. The summed E-state index contributed by atoms with van der Waals surface area (Å²) < 4.78 is 45.2. The zero-order valence-corrected chi connectivity index (χ0v) is 13.8. The van der Waals surface area contributed by atoms with Crippen molar-refractivity contribution >= 4 is 11.8 Å². The topological polar surface area (TPSA) is 62.6 Å². The van der Waals surface area contributed by atoms with Gasteiger partial charge in [0, 0.05) is 25.1 Å². The molecule has 2 heterocycles. The normalized spacial score (nSPS) is 21.9. The molecule has 2 amide bonds. The molecule has 0 saturated carbocycles. The Balaban J connectivity index is 2.30. The quantitative estimate of drug-likeness (QED) is 0.915. The van der Waals surface area contributed by atoms with Crippen molar-refractivity contribution in [1.82, 2.24) is 10.2 Å². The lowest BCUT2D eigenvalue weighted by molar-refractivity contribution is -0.184. The molecule has 0 spiro atoms. The molecule has 1 aromatic heterocycles. The van der Waals surface area contributed by atoms with Crippen LogP contribution in [0.5, 0.6) is 0 Å². The van der Waals surface area contributed by atoms with E-state index >= 15 is 0 Å². The predicted molar refractivity (Wildman–Crippen MR) is 80.5 cm³/mol. The SMILES string of the molecule is CC(=O)N[C@@H]1CC[C@@H](C(F)(F)F)N(C(=O)c2occc2C(C)C)C1. The van der Waals surface area contributed by atoms with Gasteiger partial charge in [0.05, 0.1) is 6.26 Å². The molecule has 1 saturated heterocycles. The van der Waals surface area contributed by atoms with Gasteiger partial charge in [0.2, 0.25) is 5.91 Å². The zero-order chi connectivity index (χ0) is 18.1. The number of nitrogens with one attached hydrogen (secondary N) is 1. The Hall–Kier alpha value is -1.99. The smallest absolute Gasteiger partial charge is 0.408 e. The summed E-state index contributed by atoms with van der Waals surface area (Å²) in [6.45, 7) is 4.77. The third kappa shape index (κ3) is 3.91. The van der Waals surface area contributed by atoms with Gasteiger partial charge in [-0.2, -0.15) is 13.2 Å². The predicted octanol–water partition coefficient (Wildman–Crippen LogP) is 3.07. The third-order valence-electron chi connectivity index (χ3n) is 4.14. The summed E-state index contributed by atoms with van der Waals surface area (Å²) in [5.74, 6) is -1.24. The molecule has 1 aliphatic rings. The highest BCUT2D eigenvalue weighted by molar-refractivity contribution is 5.93. The van der Waals surface area contributed by atoms with Crippen molar-refractivity contribution in [2.45, 2.75) is 57.8 Å². The molecule has 1 fully saturated rings. The largest absolute Gasteiger partial charge is 0.459 e. The fourth-order valence-electron chi connectivity index (χ4n) is 3.02. The molecule has 0 aromatic carbocycles. The summed E-state index contributed by atoms with van der Waals surface area (Å²) in [6, 6.07) is -0.780. The van der Waals surface area contributed by atoms with Crippen LogP contribution in [-0.2, 0) is 4.79 Å². The van der Waals surface area contributed by atoms with Crippen molar-refractivity contribution < 1.29 is 27.2 Å². The average molecular weight is 346 g/mol. The van der Waals surface area contributed by atoms with Crippen LogP contribution in [0.2, 0.25) is 0 Å². The molecule has 0 aliphatic carbocycles. The van der Waals surface area contributed by atoms with Crippen molar-refractivity contribution in [2.75, 3.05) is 6.54 Å². The Morgan fingerprint density at radius 3 is 2.54 bits per heavy atom. The van der Waals surface area contributed by atoms with Crippen LogP contribution in [-0.4, -0.2) is 41.5 Å². The summed E-state index contributed by atoms with van der Waals surface area (Å²) in [6.07, 6.45) is -3.30. The van der Waals surface area contributed by atoms with Crippen LogP contribution in [0.1, 0.15) is 55.6 Å². The third-order valence-corrected chi connectivity index (χ3v) is 4.14. The van der Waals surface area contributed by atoms with E-state index in [0.717, 1.165) is 4.90 Å². The standard InChI is InChI=1S/C16H21F3N2O3/c1-9(2)12-6-7-24-14(12)15(23)21-8-11(20-10(3)22)4-5-13(21)16(17,18)19/h6-7,9,11,13H,4-5,8H2,1-3H3,(H,20,22)/t11-,13+/m1/s1. The lowest BCUT2D eigenvalue weighted by Gasteiger charge is -2.40. The molecule has 8 heteroatoms. The molecule has 134 valence electrons. The van der Waals surface area contributed by atoms with Crippen LogP contribution >= 0.6 is 0 Å². The van der Waals surface area contributed by atoms with Gasteiger partial charge in [-0.1, -0.05) is 13.8 Å². The lowest BCUT2D eigenvalue weighted by atomic mass is 9.96. The van der Waals surface area contributed by atoms with E-state index in [9.17, 15) is 22.8 Å².